The van der Waals surface area contributed by atoms with Crippen molar-refractivity contribution >= 4 is 28.3 Å². The molecule has 0 fully saturated rings. The van der Waals surface area contributed by atoms with Gasteiger partial charge in [-0.15, -0.1) is 0 Å². The van der Waals surface area contributed by atoms with E-state index in [0.717, 1.165) is 11.6 Å². The summed E-state index contributed by atoms with van der Waals surface area (Å²) in [6.07, 6.45) is 1.78. The van der Waals surface area contributed by atoms with Gasteiger partial charge in [0.2, 0.25) is 0 Å². The van der Waals surface area contributed by atoms with E-state index in [0.29, 0.717) is 54.7 Å². The number of aromatic nitrogens is 1. The molecule has 8 heteroatoms. The molecule has 1 atom stereocenters. The number of aryl methyl sites for hydroxylation is 1. The minimum Gasteiger partial charge on any atom is -0.481 e. The Hall–Kier alpha value is -4.01. The quantitative estimate of drug-likeness (QED) is 0.192. The van der Waals surface area contributed by atoms with Gasteiger partial charge in [-0.05, 0) is 55.0 Å². The van der Waals surface area contributed by atoms with Crippen LogP contribution >= 0.6 is 0 Å². The molecule has 0 saturated heterocycles. The highest BCUT2D eigenvalue weighted by Gasteiger charge is 2.25. The molecule has 7 nitrogen and oxygen atoms in total. The summed E-state index contributed by atoms with van der Waals surface area (Å²) in [6.45, 7) is 9.85. The van der Waals surface area contributed by atoms with Gasteiger partial charge in [-0.25, -0.2) is 9.24 Å². The van der Waals surface area contributed by atoms with Crippen molar-refractivity contribution in [1.29, 1.82) is 5.26 Å². The number of hydrogen-bond acceptors (Lipinski definition) is 4. The van der Waals surface area contributed by atoms with Crippen LogP contribution in [0.15, 0.2) is 36.4 Å². The number of rotatable bonds is 12. The van der Waals surface area contributed by atoms with Gasteiger partial charge in [-0.3, -0.25) is 9.59 Å². The van der Waals surface area contributed by atoms with E-state index in [1.807, 2.05) is 12.1 Å². The highest BCUT2D eigenvalue weighted by molar-refractivity contribution is 6.10. The number of benzene rings is 2. The van der Waals surface area contributed by atoms with Gasteiger partial charge >= 0.3 is 5.97 Å². The number of nitrogens with zero attached hydrogens (tertiary/aromatic N) is 3. The second kappa shape index (κ2) is 12.1. The van der Waals surface area contributed by atoms with Gasteiger partial charge in [-0.2, -0.15) is 5.26 Å². The molecular weight excluding hydrogens is 461 g/mol. The highest BCUT2D eigenvalue weighted by Crippen LogP contribution is 2.34. The second-order valence-electron chi connectivity index (χ2n) is 8.97. The summed E-state index contributed by atoms with van der Waals surface area (Å²) < 4.78 is 22.3. The molecule has 186 valence electrons. The topological polar surface area (TPSA) is 96.7 Å². The molecule has 0 saturated carbocycles. The Balaban J connectivity index is 1.75. The van der Waals surface area contributed by atoms with Crippen LogP contribution in [0.4, 0.5) is 10.1 Å². The van der Waals surface area contributed by atoms with Crippen molar-refractivity contribution in [1.82, 2.24) is 4.57 Å². The number of fused-ring (bicyclic) bond motifs is 1. The van der Waals surface area contributed by atoms with Gasteiger partial charge in [0, 0.05) is 43.1 Å². The number of carboxylic acid groups (broad SMARTS) is 1. The molecule has 3 rings (SSSR count). The van der Waals surface area contributed by atoms with Crippen LogP contribution in [0.25, 0.3) is 15.7 Å². The summed E-state index contributed by atoms with van der Waals surface area (Å²) in [5.74, 6) is -2.17. The molecule has 3 aromatic rings. The van der Waals surface area contributed by atoms with E-state index in [-0.39, 0.29) is 35.7 Å². The Morgan fingerprint density at radius 2 is 2.03 bits per heavy atom. The maximum absolute atomic E-state index is 14.9. The number of hydrogen-bond donors (Lipinski definition) is 1. The molecule has 0 aliphatic carbocycles. The van der Waals surface area contributed by atoms with Gasteiger partial charge in [0.05, 0.1) is 30.3 Å². The van der Waals surface area contributed by atoms with E-state index in [2.05, 4.69) is 10.9 Å². The van der Waals surface area contributed by atoms with Crippen LogP contribution in [0, 0.1) is 29.6 Å². The Bertz CT molecular complexity index is 1360. The summed E-state index contributed by atoms with van der Waals surface area (Å²) in [4.78, 5) is 27.7. The first-order valence-corrected chi connectivity index (χ1v) is 11.7. The minimum absolute atomic E-state index is 0.0210. The maximum atomic E-state index is 14.9. The lowest BCUT2D eigenvalue weighted by Gasteiger charge is -2.11. The van der Waals surface area contributed by atoms with Crippen molar-refractivity contribution in [2.24, 2.45) is 13.0 Å². The zero-order valence-electron chi connectivity index (χ0n) is 20.4. The zero-order chi connectivity index (χ0) is 26.2. The van der Waals surface area contributed by atoms with E-state index in [1.54, 1.807) is 30.7 Å². The van der Waals surface area contributed by atoms with Crippen molar-refractivity contribution in [3.05, 3.63) is 76.0 Å². The predicted molar refractivity (Wildman–Crippen MR) is 133 cm³/mol. The van der Waals surface area contributed by atoms with Gasteiger partial charge in [0.25, 0.3) is 0 Å². The van der Waals surface area contributed by atoms with Crippen molar-refractivity contribution in [2.75, 3.05) is 6.61 Å². The van der Waals surface area contributed by atoms with Crippen LogP contribution in [0.3, 0.4) is 0 Å². The number of nitriles is 1. The van der Waals surface area contributed by atoms with Crippen molar-refractivity contribution < 1.29 is 23.8 Å². The van der Waals surface area contributed by atoms with Crippen molar-refractivity contribution in [3.63, 3.8) is 0 Å². The molecule has 0 amide bonds. The number of carboxylic acids is 1. The number of carbonyl (C=O) groups excluding carboxylic acids is 1. The molecule has 1 N–H and O–H groups in total. The van der Waals surface area contributed by atoms with E-state index in [1.165, 1.54) is 6.07 Å². The summed E-state index contributed by atoms with van der Waals surface area (Å²) >= 11 is 0. The fourth-order valence-corrected chi connectivity index (χ4v) is 4.45. The molecule has 2 aromatic carbocycles. The first-order chi connectivity index (χ1) is 17.2. The average molecular weight is 490 g/mol. The Labute approximate surface area is 209 Å². The van der Waals surface area contributed by atoms with Gasteiger partial charge in [-0.1, -0.05) is 19.1 Å². The van der Waals surface area contributed by atoms with Crippen LogP contribution in [0.2, 0.25) is 0 Å². The molecular formula is C28H28FN3O4. The lowest BCUT2D eigenvalue weighted by Crippen LogP contribution is -2.12. The molecule has 0 aliphatic rings. The highest BCUT2D eigenvalue weighted by atomic mass is 19.1. The van der Waals surface area contributed by atoms with Crippen LogP contribution in [0.1, 0.15) is 59.8 Å². The Morgan fingerprint density at radius 3 is 2.72 bits per heavy atom. The number of unbranched alkanes of at least 4 members (excludes halogenated alkanes) is 1. The lowest BCUT2D eigenvalue weighted by atomic mass is 9.94. The molecule has 0 aliphatic heterocycles. The van der Waals surface area contributed by atoms with Crippen LogP contribution in [-0.2, 0) is 29.6 Å². The standard InChI is InChI=1S/C28H28FN3O4/c1-18(12-26(34)35)11-25(33)27-22-14-21(31-2)15-23(29)28(22)32(3)24(27)9-4-5-10-36-17-20-8-6-7-19(13-20)16-30/h6-8,13-15,18H,4-5,9-12,17H2,1,3H3,(H,34,35). The second-order valence-corrected chi connectivity index (χ2v) is 8.97. The molecule has 1 heterocycles. The van der Waals surface area contributed by atoms with Gasteiger partial charge in [0.1, 0.15) is 5.82 Å². The fourth-order valence-electron chi connectivity index (χ4n) is 4.45. The predicted octanol–water partition coefficient (Wildman–Crippen LogP) is 5.96. The lowest BCUT2D eigenvalue weighted by molar-refractivity contribution is -0.137. The third kappa shape index (κ3) is 6.35. The number of Topliss-reactive ketones (excluding diaryl/α,β-unsaturated/α-hetero) is 1. The SMILES string of the molecule is [C-]#[N+]c1cc(F)c2c(c1)c(C(=O)CC(C)CC(=O)O)c(CCCCOCc1cccc(C#N)c1)n2C. The zero-order valence-corrected chi connectivity index (χ0v) is 20.4. The van der Waals surface area contributed by atoms with Gasteiger partial charge < -0.3 is 14.4 Å². The number of ketones is 1. The van der Waals surface area contributed by atoms with Crippen molar-refractivity contribution in [2.45, 2.75) is 45.6 Å². The number of halogens is 1. The van der Waals surface area contributed by atoms with Gasteiger partial charge in [0.15, 0.2) is 11.5 Å². The monoisotopic (exact) mass is 489 g/mol. The molecule has 36 heavy (non-hydrogen) atoms. The first kappa shape index (κ1) is 26.6. The summed E-state index contributed by atoms with van der Waals surface area (Å²) in [7, 11) is 1.70. The van der Waals surface area contributed by atoms with Crippen LogP contribution in [0.5, 0.6) is 0 Å². The average Bonchev–Trinajstić information content (AvgIpc) is 3.12. The molecule has 0 radical (unpaired) electrons. The smallest absolute Gasteiger partial charge is 0.303 e. The van der Waals surface area contributed by atoms with E-state index >= 15 is 0 Å². The molecule has 1 aromatic heterocycles. The normalized spacial score (nSPS) is 11.7. The van der Waals surface area contributed by atoms with E-state index in [9.17, 15) is 14.0 Å². The molecule has 0 bridgehead atoms. The van der Waals surface area contributed by atoms with Crippen molar-refractivity contribution in [3.8, 4) is 6.07 Å². The molecule has 1 unspecified atom stereocenters. The Morgan fingerprint density at radius 1 is 1.25 bits per heavy atom. The summed E-state index contributed by atoms with van der Waals surface area (Å²) in [5.41, 5.74) is 2.90. The third-order valence-electron chi connectivity index (χ3n) is 6.09. The third-order valence-corrected chi connectivity index (χ3v) is 6.09. The minimum atomic E-state index is -0.978. The van der Waals surface area contributed by atoms with E-state index < -0.39 is 11.8 Å². The fraction of sp³-hybridized carbons (Fsp3) is 0.357. The number of carbonyl (C=O) groups is 2. The first-order valence-electron chi connectivity index (χ1n) is 11.7. The van der Waals surface area contributed by atoms with E-state index in [4.69, 9.17) is 21.7 Å². The summed E-state index contributed by atoms with van der Waals surface area (Å²) in [6, 6.07) is 12.0. The maximum Gasteiger partial charge on any atom is 0.303 e. The van der Waals surface area contributed by atoms with Crippen LogP contribution < -0.4 is 0 Å². The number of aliphatic carboxylic acids is 1. The van der Waals surface area contributed by atoms with Crippen LogP contribution in [-0.4, -0.2) is 28.0 Å². The molecule has 0 spiro atoms. The summed E-state index contributed by atoms with van der Waals surface area (Å²) in [5, 5.41) is 18.5. The Kier molecular flexibility index (Phi) is 8.94. The largest absolute Gasteiger partial charge is 0.481 e. The number of ether oxygens (including phenoxy) is 1.